The summed E-state index contributed by atoms with van der Waals surface area (Å²) in [6.07, 6.45) is 0. The normalized spacial score (nSPS) is 11.0. The molecule has 0 radical (unpaired) electrons. The molecule has 0 unspecified atom stereocenters. The average molecular weight is 505 g/mol. The number of para-hydroxylation sites is 2. The summed E-state index contributed by atoms with van der Waals surface area (Å²) in [4.78, 5) is 30.6. The first-order valence-corrected chi connectivity index (χ1v) is 11.6. The van der Waals surface area contributed by atoms with Gasteiger partial charge in [0.25, 0.3) is 5.56 Å². The summed E-state index contributed by atoms with van der Waals surface area (Å²) in [5.41, 5.74) is 2.36. The second kappa shape index (κ2) is 9.55. The summed E-state index contributed by atoms with van der Waals surface area (Å²) in [5.74, 6) is -0.318. The zero-order valence-corrected chi connectivity index (χ0v) is 19.8. The maximum Gasteiger partial charge on any atom is 0.266 e. The summed E-state index contributed by atoms with van der Waals surface area (Å²) in [6.45, 7) is 1.92. The Morgan fingerprint density at radius 3 is 2.47 bits per heavy atom. The third-order valence-electron chi connectivity index (χ3n) is 4.72. The topological polar surface area (TPSA) is 64.0 Å². The molecule has 1 aromatic heterocycles. The maximum atomic E-state index is 13.3. The summed E-state index contributed by atoms with van der Waals surface area (Å²) in [6, 6.07) is 17.6. The average Bonchev–Trinajstić information content (AvgIpc) is 2.77. The van der Waals surface area contributed by atoms with E-state index in [1.807, 2.05) is 37.3 Å². The van der Waals surface area contributed by atoms with Crippen LogP contribution in [-0.4, -0.2) is 21.2 Å². The van der Waals surface area contributed by atoms with E-state index in [1.165, 1.54) is 12.1 Å². The Labute approximate surface area is 203 Å². The zero-order chi connectivity index (χ0) is 22.8. The Bertz CT molecular complexity index is 1410. The fourth-order valence-corrected chi connectivity index (χ4v) is 4.57. The van der Waals surface area contributed by atoms with Crippen LogP contribution in [0.25, 0.3) is 16.6 Å². The summed E-state index contributed by atoms with van der Waals surface area (Å²) >= 11 is 19.3. The van der Waals surface area contributed by atoms with Crippen molar-refractivity contribution in [3.8, 4) is 5.69 Å². The number of benzene rings is 3. The van der Waals surface area contributed by atoms with Crippen LogP contribution in [0.2, 0.25) is 15.1 Å². The molecule has 0 aliphatic rings. The van der Waals surface area contributed by atoms with Gasteiger partial charge in [0.1, 0.15) is 0 Å². The van der Waals surface area contributed by atoms with Gasteiger partial charge < -0.3 is 5.32 Å². The quantitative estimate of drug-likeness (QED) is 0.194. The smallest absolute Gasteiger partial charge is 0.266 e. The number of anilines is 1. The summed E-state index contributed by atoms with van der Waals surface area (Å²) < 4.78 is 1.54. The van der Waals surface area contributed by atoms with E-state index in [2.05, 4.69) is 10.3 Å². The van der Waals surface area contributed by atoms with Crippen molar-refractivity contribution < 1.29 is 4.79 Å². The van der Waals surface area contributed by atoms with E-state index in [9.17, 15) is 9.59 Å². The molecule has 0 aliphatic heterocycles. The highest BCUT2D eigenvalue weighted by Crippen LogP contribution is 2.32. The van der Waals surface area contributed by atoms with Gasteiger partial charge >= 0.3 is 0 Å². The third kappa shape index (κ3) is 4.64. The second-order valence-electron chi connectivity index (χ2n) is 6.92. The predicted octanol–water partition coefficient (Wildman–Crippen LogP) is 6.39. The number of aryl methyl sites for hydroxylation is 1. The molecule has 0 spiro atoms. The van der Waals surface area contributed by atoms with Crippen molar-refractivity contribution in [3.63, 3.8) is 0 Å². The molecule has 5 nitrogen and oxygen atoms in total. The Balaban J connectivity index is 1.68. The van der Waals surface area contributed by atoms with Gasteiger partial charge in [0.05, 0.1) is 43.1 Å². The molecule has 32 heavy (non-hydrogen) atoms. The lowest BCUT2D eigenvalue weighted by Gasteiger charge is -2.15. The van der Waals surface area contributed by atoms with Gasteiger partial charge in [-0.2, -0.15) is 0 Å². The van der Waals surface area contributed by atoms with E-state index in [0.717, 1.165) is 17.3 Å². The molecule has 1 N–H and O–H groups in total. The Hall–Kier alpha value is -2.51. The molecule has 4 aromatic rings. The number of carbonyl (C=O) groups excluding carboxylic acids is 1. The first-order chi connectivity index (χ1) is 15.3. The molecule has 162 valence electrons. The van der Waals surface area contributed by atoms with Crippen LogP contribution in [0.3, 0.4) is 0 Å². The molecule has 0 saturated heterocycles. The van der Waals surface area contributed by atoms with E-state index in [1.54, 1.807) is 22.8 Å². The fraction of sp³-hybridized carbons (Fsp3) is 0.0870. The number of hydrogen-bond acceptors (Lipinski definition) is 4. The van der Waals surface area contributed by atoms with Gasteiger partial charge in [-0.1, -0.05) is 76.9 Å². The minimum atomic E-state index is -0.325. The highest BCUT2D eigenvalue weighted by atomic mass is 35.5. The molecule has 9 heteroatoms. The lowest BCUT2D eigenvalue weighted by atomic mass is 10.2. The van der Waals surface area contributed by atoms with E-state index >= 15 is 0 Å². The van der Waals surface area contributed by atoms with Gasteiger partial charge in [-0.3, -0.25) is 14.2 Å². The van der Waals surface area contributed by atoms with Gasteiger partial charge in [0, 0.05) is 0 Å². The number of amides is 1. The first kappa shape index (κ1) is 22.7. The number of carbonyl (C=O) groups is 1. The van der Waals surface area contributed by atoms with Crippen LogP contribution in [-0.2, 0) is 4.79 Å². The van der Waals surface area contributed by atoms with Crippen LogP contribution in [0.5, 0.6) is 0 Å². The first-order valence-electron chi connectivity index (χ1n) is 9.50. The molecule has 1 amide bonds. The number of rotatable bonds is 5. The van der Waals surface area contributed by atoms with Crippen LogP contribution in [0.15, 0.2) is 70.6 Å². The predicted molar refractivity (Wildman–Crippen MR) is 133 cm³/mol. The lowest BCUT2D eigenvalue weighted by molar-refractivity contribution is -0.113. The fourth-order valence-electron chi connectivity index (χ4n) is 3.17. The molecular weight excluding hydrogens is 489 g/mol. The van der Waals surface area contributed by atoms with Gasteiger partial charge in [-0.25, -0.2) is 4.98 Å². The lowest BCUT2D eigenvalue weighted by Crippen LogP contribution is -2.23. The number of aromatic nitrogens is 2. The van der Waals surface area contributed by atoms with Gasteiger partial charge in [0.15, 0.2) is 5.16 Å². The van der Waals surface area contributed by atoms with Crippen molar-refractivity contribution in [2.75, 3.05) is 11.1 Å². The third-order valence-corrected chi connectivity index (χ3v) is 6.69. The van der Waals surface area contributed by atoms with Crippen LogP contribution < -0.4 is 10.9 Å². The van der Waals surface area contributed by atoms with Crippen molar-refractivity contribution in [2.24, 2.45) is 0 Å². The highest BCUT2D eigenvalue weighted by molar-refractivity contribution is 7.99. The number of nitrogens with zero attached hydrogens (tertiary/aromatic N) is 2. The molecule has 1 heterocycles. The van der Waals surface area contributed by atoms with Crippen LogP contribution in [0, 0.1) is 6.92 Å². The van der Waals surface area contributed by atoms with Crippen molar-refractivity contribution in [2.45, 2.75) is 12.1 Å². The summed E-state index contributed by atoms with van der Waals surface area (Å²) in [7, 11) is 0. The minimum absolute atomic E-state index is 0.00718. The Kier molecular flexibility index (Phi) is 6.76. The monoisotopic (exact) mass is 503 g/mol. The van der Waals surface area contributed by atoms with Crippen molar-refractivity contribution in [1.82, 2.24) is 9.55 Å². The standard InChI is InChI=1S/C23H16Cl3N3O2S/c1-13-6-2-5-9-20(13)29-22(31)14-7-3-4-8-18(14)28-23(29)32-12-21(30)27-19-11-16(25)15(24)10-17(19)26/h2-11H,12H2,1H3,(H,27,30). The molecule has 0 atom stereocenters. The molecule has 0 bridgehead atoms. The SMILES string of the molecule is Cc1ccccc1-n1c(SCC(=O)Nc2cc(Cl)c(Cl)cc2Cl)nc2ccccc2c1=O. The Morgan fingerprint density at radius 1 is 1.00 bits per heavy atom. The molecule has 0 fully saturated rings. The van der Waals surface area contributed by atoms with Crippen LogP contribution >= 0.6 is 46.6 Å². The van der Waals surface area contributed by atoms with E-state index in [0.29, 0.717) is 32.5 Å². The van der Waals surface area contributed by atoms with Crippen LogP contribution in [0.4, 0.5) is 5.69 Å². The number of halogens is 3. The molecule has 0 saturated carbocycles. The summed E-state index contributed by atoms with van der Waals surface area (Å²) in [5, 5.41) is 4.50. The van der Waals surface area contributed by atoms with Crippen molar-refractivity contribution in [1.29, 1.82) is 0 Å². The molecular formula is C23H16Cl3N3O2S. The Morgan fingerprint density at radius 2 is 1.69 bits per heavy atom. The van der Waals surface area contributed by atoms with Crippen molar-refractivity contribution in [3.05, 3.63) is 91.6 Å². The van der Waals surface area contributed by atoms with Gasteiger partial charge in [-0.05, 0) is 42.8 Å². The highest BCUT2D eigenvalue weighted by Gasteiger charge is 2.16. The second-order valence-corrected chi connectivity index (χ2v) is 9.09. The number of nitrogens with one attached hydrogen (secondary N) is 1. The molecule has 3 aromatic carbocycles. The number of fused-ring (bicyclic) bond motifs is 1. The van der Waals surface area contributed by atoms with Gasteiger partial charge in [0.2, 0.25) is 5.91 Å². The van der Waals surface area contributed by atoms with Crippen molar-refractivity contribution >= 4 is 69.1 Å². The molecule has 0 aliphatic carbocycles. The number of hydrogen-bond donors (Lipinski definition) is 1. The zero-order valence-electron chi connectivity index (χ0n) is 16.7. The van der Waals surface area contributed by atoms with E-state index in [4.69, 9.17) is 34.8 Å². The largest absolute Gasteiger partial charge is 0.324 e. The van der Waals surface area contributed by atoms with E-state index < -0.39 is 0 Å². The van der Waals surface area contributed by atoms with E-state index in [-0.39, 0.29) is 27.3 Å². The number of thioether (sulfide) groups is 1. The van der Waals surface area contributed by atoms with Gasteiger partial charge in [-0.15, -0.1) is 0 Å². The maximum absolute atomic E-state index is 13.3. The minimum Gasteiger partial charge on any atom is -0.324 e. The van der Waals surface area contributed by atoms with Crippen LogP contribution in [0.1, 0.15) is 5.56 Å². The molecule has 4 rings (SSSR count).